The number of para-hydroxylation sites is 1. The van der Waals surface area contributed by atoms with Crippen molar-refractivity contribution in [1.82, 2.24) is 0 Å². The van der Waals surface area contributed by atoms with E-state index in [4.69, 9.17) is 5.11 Å². The lowest BCUT2D eigenvalue weighted by Crippen LogP contribution is -2.22. The predicted octanol–water partition coefficient (Wildman–Crippen LogP) is 2.69. The van der Waals surface area contributed by atoms with Crippen molar-refractivity contribution < 1.29 is 14.7 Å². The van der Waals surface area contributed by atoms with Gasteiger partial charge in [0.2, 0.25) is 5.91 Å². The fourth-order valence-corrected chi connectivity index (χ4v) is 2.16. The number of nitrogens with one attached hydrogen (secondary N) is 1. The number of anilines is 1. The maximum Gasteiger partial charge on any atom is 0.303 e. The summed E-state index contributed by atoms with van der Waals surface area (Å²) >= 11 is 0. The first-order chi connectivity index (χ1) is 9.08. The molecule has 0 aliphatic heterocycles. The highest BCUT2D eigenvalue weighted by Gasteiger charge is 2.32. The number of hydrogen-bond donors (Lipinski definition) is 2. The minimum Gasteiger partial charge on any atom is -0.481 e. The molecule has 1 aliphatic rings. The normalized spacial score (nSPS) is 15.8. The van der Waals surface area contributed by atoms with Crippen molar-refractivity contribution in [1.29, 1.82) is 0 Å². The van der Waals surface area contributed by atoms with Crippen LogP contribution in [0.15, 0.2) is 24.3 Å². The summed E-state index contributed by atoms with van der Waals surface area (Å²) in [5.74, 6) is -0.239. The quantitative estimate of drug-likeness (QED) is 0.827. The van der Waals surface area contributed by atoms with Crippen molar-refractivity contribution in [2.24, 2.45) is 11.8 Å². The zero-order chi connectivity index (χ0) is 13.8. The van der Waals surface area contributed by atoms with Gasteiger partial charge in [-0.3, -0.25) is 9.59 Å². The highest BCUT2D eigenvalue weighted by molar-refractivity contribution is 5.93. The monoisotopic (exact) mass is 261 g/mol. The van der Waals surface area contributed by atoms with Crippen LogP contribution in [0.1, 0.15) is 31.7 Å². The number of benzene rings is 1. The van der Waals surface area contributed by atoms with Crippen LogP contribution in [0.2, 0.25) is 0 Å². The fourth-order valence-electron chi connectivity index (χ4n) is 2.16. The van der Waals surface area contributed by atoms with Crippen molar-refractivity contribution in [3.05, 3.63) is 29.8 Å². The van der Waals surface area contributed by atoms with E-state index in [0.717, 1.165) is 24.1 Å². The van der Waals surface area contributed by atoms with Gasteiger partial charge in [-0.15, -0.1) is 0 Å². The molecule has 19 heavy (non-hydrogen) atoms. The smallest absolute Gasteiger partial charge is 0.303 e. The first-order valence-corrected chi connectivity index (χ1v) is 6.68. The molecule has 2 N–H and O–H groups in total. The Morgan fingerprint density at radius 3 is 2.68 bits per heavy atom. The van der Waals surface area contributed by atoms with E-state index in [1.165, 1.54) is 0 Å². The Morgan fingerprint density at radius 1 is 1.37 bits per heavy atom. The van der Waals surface area contributed by atoms with Crippen molar-refractivity contribution in [2.75, 3.05) is 5.32 Å². The highest BCUT2D eigenvalue weighted by atomic mass is 16.4. The van der Waals surface area contributed by atoms with Gasteiger partial charge in [0.05, 0.1) is 0 Å². The second-order valence-corrected chi connectivity index (χ2v) is 5.17. The van der Waals surface area contributed by atoms with Gasteiger partial charge in [-0.05, 0) is 36.8 Å². The number of rotatable bonds is 6. The molecule has 1 atom stereocenters. The maximum atomic E-state index is 12.1. The number of carbonyl (C=O) groups is 2. The molecule has 102 valence electrons. The van der Waals surface area contributed by atoms with E-state index >= 15 is 0 Å². The number of aryl methyl sites for hydroxylation is 1. The molecule has 4 heteroatoms. The van der Waals surface area contributed by atoms with Crippen LogP contribution in [0.4, 0.5) is 5.69 Å². The van der Waals surface area contributed by atoms with E-state index in [9.17, 15) is 9.59 Å². The van der Waals surface area contributed by atoms with Gasteiger partial charge in [-0.1, -0.05) is 25.1 Å². The van der Waals surface area contributed by atoms with E-state index in [0.29, 0.717) is 12.3 Å². The van der Waals surface area contributed by atoms with E-state index in [1.54, 1.807) is 0 Å². The number of amides is 1. The molecule has 0 spiro atoms. The van der Waals surface area contributed by atoms with Crippen LogP contribution < -0.4 is 5.32 Å². The Bertz CT molecular complexity index is 480. The summed E-state index contributed by atoms with van der Waals surface area (Å²) in [6.45, 7) is 1.95. The lowest BCUT2D eigenvalue weighted by Gasteiger charge is -2.14. The van der Waals surface area contributed by atoms with Crippen LogP contribution in [-0.2, 0) is 16.0 Å². The van der Waals surface area contributed by atoms with E-state index in [1.807, 2.05) is 31.2 Å². The second kappa shape index (κ2) is 5.87. The summed E-state index contributed by atoms with van der Waals surface area (Å²) in [6, 6.07) is 7.40. The molecule has 1 aromatic carbocycles. The van der Waals surface area contributed by atoms with Crippen LogP contribution in [0.5, 0.6) is 0 Å². The van der Waals surface area contributed by atoms with E-state index < -0.39 is 5.97 Å². The van der Waals surface area contributed by atoms with E-state index in [-0.39, 0.29) is 18.2 Å². The van der Waals surface area contributed by atoms with Gasteiger partial charge in [0.1, 0.15) is 0 Å². The van der Waals surface area contributed by atoms with Gasteiger partial charge in [0.15, 0.2) is 0 Å². The van der Waals surface area contributed by atoms with Crippen molar-refractivity contribution in [3.8, 4) is 0 Å². The number of carboxylic acid groups (broad SMARTS) is 1. The van der Waals surface area contributed by atoms with E-state index in [2.05, 4.69) is 5.32 Å². The second-order valence-electron chi connectivity index (χ2n) is 5.17. The lowest BCUT2D eigenvalue weighted by atomic mass is 10.0. The predicted molar refractivity (Wildman–Crippen MR) is 72.9 cm³/mol. The van der Waals surface area contributed by atoms with Crippen molar-refractivity contribution >= 4 is 17.6 Å². The lowest BCUT2D eigenvalue weighted by molar-refractivity contribution is -0.137. The van der Waals surface area contributed by atoms with Gasteiger partial charge >= 0.3 is 5.97 Å². The molecule has 1 amide bonds. The summed E-state index contributed by atoms with van der Waals surface area (Å²) in [5, 5.41) is 11.7. The highest BCUT2D eigenvalue weighted by Crippen LogP contribution is 2.37. The molecule has 0 heterocycles. The van der Waals surface area contributed by atoms with Gasteiger partial charge in [0, 0.05) is 18.0 Å². The Hall–Kier alpha value is -1.84. The number of hydrogen-bond acceptors (Lipinski definition) is 2. The third-order valence-corrected chi connectivity index (χ3v) is 3.63. The van der Waals surface area contributed by atoms with Gasteiger partial charge in [0.25, 0.3) is 0 Å². The van der Waals surface area contributed by atoms with Crippen LogP contribution in [-0.4, -0.2) is 17.0 Å². The first kappa shape index (κ1) is 13.6. The molecule has 0 bridgehead atoms. The zero-order valence-corrected chi connectivity index (χ0v) is 11.1. The van der Waals surface area contributed by atoms with Crippen LogP contribution in [0, 0.1) is 11.8 Å². The first-order valence-electron chi connectivity index (χ1n) is 6.68. The van der Waals surface area contributed by atoms with Gasteiger partial charge in [-0.2, -0.15) is 0 Å². The molecule has 2 rings (SSSR count). The Labute approximate surface area is 112 Å². The Morgan fingerprint density at radius 2 is 2.05 bits per heavy atom. The molecule has 0 saturated heterocycles. The molecule has 0 radical (unpaired) electrons. The van der Waals surface area contributed by atoms with Crippen LogP contribution in [0.3, 0.4) is 0 Å². The summed E-state index contributed by atoms with van der Waals surface area (Å²) < 4.78 is 0. The molecule has 1 aliphatic carbocycles. The molecule has 1 saturated carbocycles. The summed E-state index contributed by atoms with van der Waals surface area (Å²) in [7, 11) is 0. The zero-order valence-electron chi connectivity index (χ0n) is 11.1. The Balaban J connectivity index is 2.02. The topological polar surface area (TPSA) is 66.4 Å². The SMILES string of the molecule is CC(C(=O)Nc1ccccc1CCC(=O)O)C1CC1. The average Bonchev–Trinajstić information content (AvgIpc) is 3.21. The largest absolute Gasteiger partial charge is 0.481 e. The Kier molecular flexibility index (Phi) is 4.20. The van der Waals surface area contributed by atoms with Crippen LogP contribution >= 0.6 is 0 Å². The minimum absolute atomic E-state index is 0.0327. The fraction of sp³-hybridized carbons (Fsp3) is 0.467. The van der Waals surface area contributed by atoms with Gasteiger partial charge in [-0.25, -0.2) is 0 Å². The number of carboxylic acids is 1. The molecule has 1 fully saturated rings. The summed E-state index contributed by atoms with van der Waals surface area (Å²) in [4.78, 5) is 22.7. The standard InChI is InChI=1S/C15H19NO3/c1-10(11-6-7-11)15(19)16-13-5-3-2-4-12(13)8-9-14(17)18/h2-5,10-11H,6-9H2,1H3,(H,16,19)(H,17,18). The third-order valence-electron chi connectivity index (χ3n) is 3.63. The van der Waals surface area contributed by atoms with Crippen molar-refractivity contribution in [3.63, 3.8) is 0 Å². The molecule has 0 aromatic heterocycles. The molecule has 1 aromatic rings. The van der Waals surface area contributed by atoms with Crippen molar-refractivity contribution in [2.45, 2.75) is 32.6 Å². The summed E-state index contributed by atoms with van der Waals surface area (Å²) in [6.07, 6.45) is 2.78. The minimum atomic E-state index is -0.826. The number of aliphatic carboxylic acids is 1. The molecular formula is C15H19NO3. The number of carbonyl (C=O) groups excluding carboxylic acids is 1. The third kappa shape index (κ3) is 3.81. The van der Waals surface area contributed by atoms with Crippen LogP contribution in [0.25, 0.3) is 0 Å². The summed E-state index contributed by atoms with van der Waals surface area (Å²) in [5.41, 5.74) is 1.61. The molecule has 4 nitrogen and oxygen atoms in total. The van der Waals surface area contributed by atoms with Gasteiger partial charge < -0.3 is 10.4 Å². The average molecular weight is 261 g/mol. The maximum absolute atomic E-state index is 12.1. The molecule has 1 unspecified atom stereocenters. The molecular weight excluding hydrogens is 242 g/mol.